The Labute approximate surface area is 240 Å². The van der Waals surface area contributed by atoms with Gasteiger partial charge in [0.15, 0.2) is 0 Å². The van der Waals surface area contributed by atoms with Crippen molar-refractivity contribution < 1.29 is 34.2 Å². The van der Waals surface area contributed by atoms with Gasteiger partial charge in [0.2, 0.25) is 18.2 Å². The van der Waals surface area contributed by atoms with Crippen LogP contribution in [0.4, 0.5) is 0 Å². The first-order valence-corrected chi connectivity index (χ1v) is 14.6. The maximum Gasteiger partial charge on any atom is 0.326 e. The zero-order valence-corrected chi connectivity index (χ0v) is 24.3. The first-order valence-electron chi connectivity index (χ1n) is 13.2. The molecule has 1 rings (SSSR count). The molecule has 12 nitrogen and oxygen atoms in total. The fourth-order valence-electron chi connectivity index (χ4n) is 3.54. The highest BCUT2D eigenvalue weighted by Gasteiger charge is 2.29. The number of hydrogen-bond donors (Lipinski definition) is 7. The molecule has 0 spiro atoms. The van der Waals surface area contributed by atoms with E-state index in [9.17, 15) is 29.1 Å². The molecule has 1 aromatic rings. The molecule has 40 heavy (non-hydrogen) atoms. The summed E-state index contributed by atoms with van der Waals surface area (Å²) in [6.45, 7) is 4.41. The van der Waals surface area contributed by atoms with E-state index in [1.54, 1.807) is 36.0 Å². The number of carbonyl (C=O) groups excluding carboxylic acids is 3. The molecule has 0 saturated heterocycles. The Kier molecular flexibility index (Phi) is 19.9. The van der Waals surface area contributed by atoms with Gasteiger partial charge >= 0.3 is 11.9 Å². The van der Waals surface area contributed by atoms with E-state index in [0.29, 0.717) is 38.0 Å². The zero-order chi connectivity index (χ0) is 30.5. The molecule has 0 aliphatic rings. The van der Waals surface area contributed by atoms with Crippen LogP contribution in [0.25, 0.3) is 0 Å². The molecule has 0 fully saturated rings. The van der Waals surface area contributed by atoms with E-state index in [1.807, 2.05) is 26.2 Å². The number of carbonyl (C=O) groups is 5. The molecule has 0 bridgehead atoms. The average Bonchev–Trinajstić information content (AvgIpc) is 2.90. The van der Waals surface area contributed by atoms with E-state index in [1.165, 1.54) is 0 Å². The maximum absolute atomic E-state index is 12.8. The van der Waals surface area contributed by atoms with Crippen molar-refractivity contribution in [1.29, 1.82) is 0 Å². The van der Waals surface area contributed by atoms with E-state index in [2.05, 4.69) is 16.0 Å². The second-order valence-electron chi connectivity index (χ2n) is 9.63. The molecule has 4 atom stereocenters. The SMILES string of the molecule is CSCC[C@H](NC=O)C(=O)N[C@@H](CC(C)C)C(=O)N[C@@H](Cc1ccccc1)C(=O)O.NCCCC[C@H](N)C(=O)O. The lowest BCUT2D eigenvalue weighted by Crippen LogP contribution is -2.55. The van der Waals surface area contributed by atoms with Crippen LogP contribution in [-0.2, 0) is 30.4 Å². The number of unbranched alkanes of at least 4 members (excludes halogenated alkanes) is 1. The van der Waals surface area contributed by atoms with Gasteiger partial charge in [0.05, 0.1) is 0 Å². The van der Waals surface area contributed by atoms with Gasteiger partial charge < -0.3 is 37.6 Å². The molecule has 9 N–H and O–H groups in total. The fourth-order valence-corrected chi connectivity index (χ4v) is 4.01. The second-order valence-corrected chi connectivity index (χ2v) is 10.6. The van der Waals surface area contributed by atoms with Crippen LogP contribution in [0.5, 0.6) is 0 Å². The third-order valence-electron chi connectivity index (χ3n) is 5.72. The fraction of sp³-hybridized carbons (Fsp3) is 0.593. The molecule has 1 aromatic carbocycles. The van der Waals surface area contributed by atoms with Crippen LogP contribution in [0.3, 0.4) is 0 Å². The third kappa shape index (κ3) is 16.7. The van der Waals surface area contributed by atoms with Crippen molar-refractivity contribution in [2.75, 3.05) is 18.6 Å². The second kappa shape index (κ2) is 21.6. The third-order valence-corrected chi connectivity index (χ3v) is 6.36. The lowest BCUT2D eigenvalue weighted by atomic mass is 10.0. The predicted octanol–water partition coefficient (Wildman–Crippen LogP) is 0.724. The molecule has 226 valence electrons. The number of benzene rings is 1. The molecule has 0 aromatic heterocycles. The van der Waals surface area contributed by atoms with Crippen molar-refractivity contribution >= 4 is 41.9 Å². The topological polar surface area (TPSA) is 214 Å². The van der Waals surface area contributed by atoms with E-state index in [-0.39, 0.29) is 12.3 Å². The number of thioether (sulfide) groups is 1. The highest BCUT2D eigenvalue weighted by atomic mass is 32.2. The number of rotatable bonds is 19. The summed E-state index contributed by atoms with van der Waals surface area (Å²) in [5.41, 5.74) is 11.2. The monoisotopic (exact) mass is 583 g/mol. The van der Waals surface area contributed by atoms with Gasteiger partial charge in [0.25, 0.3) is 0 Å². The smallest absolute Gasteiger partial charge is 0.326 e. The summed E-state index contributed by atoms with van der Waals surface area (Å²) in [4.78, 5) is 58.1. The van der Waals surface area contributed by atoms with Crippen LogP contribution in [0.1, 0.15) is 51.5 Å². The quantitative estimate of drug-likeness (QED) is 0.0895. The van der Waals surface area contributed by atoms with Gasteiger partial charge in [0.1, 0.15) is 24.2 Å². The summed E-state index contributed by atoms with van der Waals surface area (Å²) in [5.74, 6) is -2.36. The molecule has 3 amide bonds. The molecular weight excluding hydrogens is 538 g/mol. The van der Waals surface area contributed by atoms with Crippen molar-refractivity contribution in [3.05, 3.63) is 35.9 Å². The minimum Gasteiger partial charge on any atom is -0.480 e. The molecule has 0 aliphatic heterocycles. The van der Waals surface area contributed by atoms with Crippen molar-refractivity contribution in [3.63, 3.8) is 0 Å². The number of nitrogens with two attached hydrogens (primary N) is 2. The lowest BCUT2D eigenvalue weighted by molar-refractivity contribution is -0.142. The first-order chi connectivity index (χ1) is 19.0. The van der Waals surface area contributed by atoms with Crippen molar-refractivity contribution in [1.82, 2.24) is 16.0 Å². The molecule has 0 radical (unpaired) electrons. The average molecular weight is 584 g/mol. The number of nitrogens with one attached hydrogen (secondary N) is 3. The minimum atomic E-state index is -1.15. The highest BCUT2D eigenvalue weighted by molar-refractivity contribution is 7.98. The summed E-state index contributed by atoms with van der Waals surface area (Å²) in [6.07, 6.45) is 5.41. The van der Waals surface area contributed by atoms with Crippen LogP contribution in [-0.4, -0.2) is 83.1 Å². The maximum atomic E-state index is 12.8. The Balaban J connectivity index is 0.00000129. The zero-order valence-electron chi connectivity index (χ0n) is 23.5. The predicted molar refractivity (Wildman–Crippen MR) is 156 cm³/mol. The van der Waals surface area contributed by atoms with Crippen molar-refractivity contribution in [3.8, 4) is 0 Å². The van der Waals surface area contributed by atoms with Crippen molar-refractivity contribution in [2.45, 2.75) is 76.5 Å². The largest absolute Gasteiger partial charge is 0.480 e. The minimum absolute atomic E-state index is 0.0853. The number of amides is 3. The lowest BCUT2D eigenvalue weighted by Gasteiger charge is -2.25. The first kappa shape index (κ1) is 36.8. The summed E-state index contributed by atoms with van der Waals surface area (Å²) < 4.78 is 0. The Bertz CT molecular complexity index is 905. The molecule has 0 aliphatic carbocycles. The van der Waals surface area contributed by atoms with Crippen LogP contribution in [0, 0.1) is 5.92 Å². The molecule has 13 heteroatoms. The van der Waals surface area contributed by atoms with Crippen LogP contribution in [0.2, 0.25) is 0 Å². The highest BCUT2D eigenvalue weighted by Crippen LogP contribution is 2.09. The molecule has 0 unspecified atom stereocenters. The van der Waals surface area contributed by atoms with Gasteiger partial charge in [-0.3, -0.25) is 19.2 Å². The Morgan fingerprint density at radius 2 is 1.52 bits per heavy atom. The van der Waals surface area contributed by atoms with Gasteiger partial charge in [-0.1, -0.05) is 50.6 Å². The van der Waals surface area contributed by atoms with E-state index >= 15 is 0 Å². The van der Waals surface area contributed by atoms with Crippen LogP contribution >= 0.6 is 11.8 Å². The Morgan fingerprint density at radius 1 is 0.925 bits per heavy atom. The summed E-state index contributed by atoms with van der Waals surface area (Å²) in [6, 6.07) is 5.51. The van der Waals surface area contributed by atoms with Crippen molar-refractivity contribution in [2.24, 2.45) is 17.4 Å². The Hall–Kier alpha value is -3.16. The van der Waals surface area contributed by atoms with Gasteiger partial charge in [-0.05, 0) is 55.7 Å². The number of hydrogen-bond acceptors (Lipinski definition) is 8. The summed E-state index contributed by atoms with van der Waals surface area (Å²) in [7, 11) is 0. The summed E-state index contributed by atoms with van der Waals surface area (Å²) in [5, 5.41) is 25.5. The normalized spacial score (nSPS) is 13.6. The molecule has 0 heterocycles. The van der Waals surface area contributed by atoms with Gasteiger partial charge in [-0.2, -0.15) is 11.8 Å². The molecular formula is C27H45N5O7S. The van der Waals surface area contributed by atoms with E-state index < -0.39 is 47.9 Å². The van der Waals surface area contributed by atoms with Gasteiger partial charge in [-0.15, -0.1) is 0 Å². The van der Waals surface area contributed by atoms with Gasteiger partial charge in [0, 0.05) is 6.42 Å². The van der Waals surface area contributed by atoms with Crippen LogP contribution < -0.4 is 27.4 Å². The molecule has 0 saturated carbocycles. The number of aliphatic carboxylic acids is 2. The van der Waals surface area contributed by atoms with E-state index in [0.717, 1.165) is 18.4 Å². The van der Waals surface area contributed by atoms with Crippen LogP contribution in [0.15, 0.2) is 30.3 Å². The Morgan fingerprint density at radius 3 is 2.02 bits per heavy atom. The van der Waals surface area contributed by atoms with Gasteiger partial charge in [-0.25, -0.2) is 4.79 Å². The number of carboxylic acids is 2. The summed E-state index contributed by atoms with van der Waals surface area (Å²) >= 11 is 1.54. The van der Waals surface area contributed by atoms with E-state index in [4.69, 9.17) is 16.6 Å². The standard InChI is InChI=1S/C21H31N3O5S.C6H14N2O2/c1-14(2)11-17(23-19(26)16(22-13-25)9-10-30-3)20(27)24-18(21(28)29)12-15-7-5-4-6-8-15;7-4-2-1-3-5(8)6(9)10/h4-8,13-14,16-18H,9-12H2,1-3H3,(H,22,25)(H,23,26)(H,24,27)(H,28,29);5H,1-4,7-8H2,(H,9,10)/t16-,17-,18-;5-/m00/s1. The number of carboxylic acid groups (broad SMARTS) is 2.